The monoisotopic (exact) mass is 212 g/mol. The van der Waals surface area contributed by atoms with Gasteiger partial charge < -0.3 is 5.32 Å². The highest BCUT2D eigenvalue weighted by Crippen LogP contribution is 2.09. The number of likely N-dealkylation sites (tertiary alicyclic amines) is 1. The van der Waals surface area contributed by atoms with Crippen LogP contribution in [-0.4, -0.2) is 42.3 Å². The maximum Gasteiger partial charge on any atom is 0.237 e. The van der Waals surface area contributed by atoms with E-state index in [1.165, 1.54) is 0 Å². The zero-order chi connectivity index (χ0) is 11.3. The third-order valence-electron chi connectivity index (χ3n) is 2.83. The maximum atomic E-state index is 11.6. The van der Waals surface area contributed by atoms with Crippen molar-refractivity contribution in [2.45, 2.75) is 39.2 Å². The molecule has 0 bridgehead atoms. The molecule has 1 N–H and O–H groups in total. The molecule has 86 valence electrons. The van der Waals surface area contributed by atoms with Crippen LogP contribution in [0.4, 0.5) is 0 Å². The number of carbonyl (C=O) groups excluding carboxylic acids is 2. The number of piperidine rings is 1. The summed E-state index contributed by atoms with van der Waals surface area (Å²) in [5, 5.41) is 2.88. The molecular weight excluding hydrogens is 192 g/mol. The molecule has 0 aromatic carbocycles. The van der Waals surface area contributed by atoms with Gasteiger partial charge in [0.25, 0.3) is 0 Å². The molecule has 0 aromatic rings. The van der Waals surface area contributed by atoms with Gasteiger partial charge in [-0.25, -0.2) is 0 Å². The smallest absolute Gasteiger partial charge is 0.237 e. The van der Waals surface area contributed by atoms with Crippen LogP contribution >= 0.6 is 0 Å². The van der Waals surface area contributed by atoms with E-state index in [0.29, 0.717) is 18.6 Å². The first kappa shape index (κ1) is 12.2. The Morgan fingerprint density at radius 3 is 2.60 bits per heavy atom. The third kappa shape index (κ3) is 3.63. The Hall–Kier alpha value is -0.900. The van der Waals surface area contributed by atoms with Crippen molar-refractivity contribution in [3.63, 3.8) is 0 Å². The predicted molar refractivity (Wildman–Crippen MR) is 58.6 cm³/mol. The number of nitrogens with one attached hydrogen (secondary N) is 1. The number of carbonyl (C=O) groups is 2. The van der Waals surface area contributed by atoms with Gasteiger partial charge in [0.1, 0.15) is 5.78 Å². The van der Waals surface area contributed by atoms with Crippen molar-refractivity contribution >= 4 is 11.7 Å². The molecule has 15 heavy (non-hydrogen) atoms. The molecule has 0 spiro atoms. The Balaban J connectivity index is 2.35. The van der Waals surface area contributed by atoms with E-state index in [2.05, 4.69) is 10.2 Å². The van der Waals surface area contributed by atoms with E-state index in [1.807, 2.05) is 13.8 Å². The van der Waals surface area contributed by atoms with Crippen molar-refractivity contribution in [2.75, 3.05) is 19.6 Å². The second-order valence-electron chi connectivity index (χ2n) is 4.04. The molecule has 0 saturated carbocycles. The summed E-state index contributed by atoms with van der Waals surface area (Å²) in [4.78, 5) is 24.8. The van der Waals surface area contributed by atoms with Gasteiger partial charge in [-0.3, -0.25) is 14.5 Å². The first-order valence-corrected chi connectivity index (χ1v) is 5.68. The van der Waals surface area contributed by atoms with E-state index in [9.17, 15) is 9.59 Å². The fourth-order valence-electron chi connectivity index (χ4n) is 1.72. The molecule has 1 rings (SSSR count). The standard InChI is InChI=1S/C11H20N2O2/c1-3-6-12-11(15)9(2)13-7-4-10(14)5-8-13/h9H,3-8H2,1-2H3,(H,12,15). The molecule has 1 amide bonds. The Labute approximate surface area is 91.0 Å². The molecule has 0 radical (unpaired) electrons. The normalized spacial score (nSPS) is 20.0. The fraction of sp³-hybridized carbons (Fsp3) is 0.818. The summed E-state index contributed by atoms with van der Waals surface area (Å²) in [6.07, 6.45) is 2.13. The average molecular weight is 212 g/mol. The number of hydrogen-bond donors (Lipinski definition) is 1. The highest BCUT2D eigenvalue weighted by molar-refractivity contribution is 5.82. The summed E-state index contributed by atoms with van der Waals surface area (Å²) in [7, 11) is 0. The Bertz CT molecular complexity index is 231. The highest BCUT2D eigenvalue weighted by Gasteiger charge is 2.24. The summed E-state index contributed by atoms with van der Waals surface area (Å²) < 4.78 is 0. The van der Waals surface area contributed by atoms with Crippen molar-refractivity contribution in [2.24, 2.45) is 0 Å². The van der Waals surface area contributed by atoms with Gasteiger partial charge in [0.15, 0.2) is 0 Å². The number of ketones is 1. The van der Waals surface area contributed by atoms with E-state index in [1.54, 1.807) is 0 Å². The molecule has 0 aromatic heterocycles. The van der Waals surface area contributed by atoms with Gasteiger partial charge in [0.05, 0.1) is 6.04 Å². The number of rotatable bonds is 4. The second kappa shape index (κ2) is 5.85. The second-order valence-corrected chi connectivity index (χ2v) is 4.04. The topological polar surface area (TPSA) is 49.4 Å². The molecule has 1 atom stereocenters. The molecule has 1 aliphatic heterocycles. The molecule has 1 unspecified atom stereocenters. The van der Waals surface area contributed by atoms with Crippen LogP contribution in [0, 0.1) is 0 Å². The van der Waals surface area contributed by atoms with E-state index < -0.39 is 0 Å². The minimum atomic E-state index is -0.107. The number of hydrogen-bond acceptors (Lipinski definition) is 3. The number of amides is 1. The van der Waals surface area contributed by atoms with Crippen LogP contribution in [-0.2, 0) is 9.59 Å². The van der Waals surface area contributed by atoms with Gasteiger partial charge in [0.2, 0.25) is 5.91 Å². The van der Waals surface area contributed by atoms with Gasteiger partial charge in [-0.2, -0.15) is 0 Å². The largest absolute Gasteiger partial charge is 0.355 e. The van der Waals surface area contributed by atoms with Crippen LogP contribution < -0.4 is 5.32 Å². The number of nitrogens with zero attached hydrogens (tertiary/aromatic N) is 1. The Morgan fingerprint density at radius 2 is 2.07 bits per heavy atom. The summed E-state index contributed by atoms with van der Waals surface area (Å²) >= 11 is 0. The molecule has 4 nitrogen and oxygen atoms in total. The summed E-state index contributed by atoms with van der Waals surface area (Å²) in [6, 6.07) is -0.107. The Kier molecular flexibility index (Phi) is 4.75. The van der Waals surface area contributed by atoms with Crippen LogP contribution in [0.1, 0.15) is 33.1 Å². The molecular formula is C11H20N2O2. The lowest BCUT2D eigenvalue weighted by molar-refractivity contribution is -0.129. The molecule has 1 heterocycles. The highest BCUT2D eigenvalue weighted by atomic mass is 16.2. The lowest BCUT2D eigenvalue weighted by Crippen LogP contribution is -2.48. The van der Waals surface area contributed by atoms with Crippen molar-refractivity contribution in [1.29, 1.82) is 0 Å². The minimum absolute atomic E-state index is 0.0752. The minimum Gasteiger partial charge on any atom is -0.355 e. The molecule has 1 aliphatic rings. The lowest BCUT2D eigenvalue weighted by atomic mass is 10.1. The van der Waals surface area contributed by atoms with Crippen LogP contribution in [0.3, 0.4) is 0 Å². The van der Waals surface area contributed by atoms with E-state index in [4.69, 9.17) is 0 Å². The lowest BCUT2D eigenvalue weighted by Gasteiger charge is -2.30. The van der Waals surface area contributed by atoms with E-state index >= 15 is 0 Å². The van der Waals surface area contributed by atoms with Gasteiger partial charge in [-0.05, 0) is 13.3 Å². The fourth-order valence-corrected chi connectivity index (χ4v) is 1.72. The van der Waals surface area contributed by atoms with Gasteiger partial charge in [0, 0.05) is 32.5 Å². The van der Waals surface area contributed by atoms with Crippen molar-refractivity contribution < 1.29 is 9.59 Å². The van der Waals surface area contributed by atoms with Gasteiger partial charge in [-0.15, -0.1) is 0 Å². The molecule has 1 fully saturated rings. The SMILES string of the molecule is CCCNC(=O)C(C)N1CCC(=O)CC1. The van der Waals surface area contributed by atoms with E-state index in [0.717, 1.165) is 26.1 Å². The maximum absolute atomic E-state index is 11.6. The Morgan fingerprint density at radius 1 is 1.47 bits per heavy atom. The van der Waals surface area contributed by atoms with Crippen molar-refractivity contribution in [3.05, 3.63) is 0 Å². The van der Waals surface area contributed by atoms with E-state index in [-0.39, 0.29) is 11.9 Å². The zero-order valence-corrected chi connectivity index (χ0v) is 9.58. The predicted octanol–water partition coefficient (Wildman–Crippen LogP) is 0.566. The first-order valence-electron chi connectivity index (χ1n) is 5.68. The molecule has 4 heteroatoms. The number of Topliss-reactive ketones (excluding diaryl/α,β-unsaturated/α-hetero) is 1. The third-order valence-corrected chi connectivity index (χ3v) is 2.83. The average Bonchev–Trinajstić information content (AvgIpc) is 2.26. The van der Waals surface area contributed by atoms with Crippen LogP contribution in [0.2, 0.25) is 0 Å². The van der Waals surface area contributed by atoms with Crippen LogP contribution in [0.15, 0.2) is 0 Å². The van der Waals surface area contributed by atoms with Crippen LogP contribution in [0.5, 0.6) is 0 Å². The first-order chi connectivity index (χ1) is 7.15. The van der Waals surface area contributed by atoms with Crippen molar-refractivity contribution in [3.8, 4) is 0 Å². The summed E-state index contributed by atoms with van der Waals surface area (Å²) in [5.74, 6) is 0.388. The quantitative estimate of drug-likeness (QED) is 0.741. The summed E-state index contributed by atoms with van der Waals surface area (Å²) in [5.41, 5.74) is 0. The van der Waals surface area contributed by atoms with Crippen LogP contribution in [0.25, 0.3) is 0 Å². The van der Waals surface area contributed by atoms with Crippen molar-refractivity contribution in [1.82, 2.24) is 10.2 Å². The summed E-state index contributed by atoms with van der Waals surface area (Å²) in [6.45, 7) is 6.11. The molecule has 0 aliphatic carbocycles. The van der Waals surface area contributed by atoms with Gasteiger partial charge in [-0.1, -0.05) is 6.92 Å². The zero-order valence-electron chi connectivity index (χ0n) is 9.58. The molecule has 1 saturated heterocycles. The van der Waals surface area contributed by atoms with Gasteiger partial charge >= 0.3 is 0 Å².